The van der Waals surface area contributed by atoms with E-state index in [0.717, 1.165) is 19.4 Å². The van der Waals surface area contributed by atoms with Gasteiger partial charge in [0.25, 0.3) is 0 Å². The summed E-state index contributed by atoms with van der Waals surface area (Å²) in [5.74, 6) is 0. The average molecular weight is 274 g/mol. The lowest BCUT2D eigenvalue weighted by molar-refractivity contribution is 0.582. The first kappa shape index (κ1) is 14.2. The molecular formula is C16H22N2S. The van der Waals surface area contributed by atoms with Crippen LogP contribution in [0.2, 0.25) is 0 Å². The minimum atomic E-state index is 0.486. The van der Waals surface area contributed by atoms with E-state index in [9.17, 15) is 0 Å². The predicted octanol–water partition coefficient (Wildman–Crippen LogP) is 4.26. The van der Waals surface area contributed by atoms with Gasteiger partial charge in [-0.1, -0.05) is 51.1 Å². The third-order valence-electron chi connectivity index (χ3n) is 2.92. The second-order valence-electron chi connectivity index (χ2n) is 5.04. The second-order valence-corrected chi connectivity index (χ2v) is 6.12. The molecular weight excluding hydrogens is 252 g/mol. The molecule has 0 saturated carbocycles. The fourth-order valence-corrected chi connectivity index (χ4v) is 3.14. The van der Waals surface area contributed by atoms with Gasteiger partial charge >= 0.3 is 0 Å². The topological polar surface area (TPSA) is 24.9 Å². The van der Waals surface area contributed by atoms with Crippen LogP contribution in [0, 0.1) is 0 Å². The first-order chi connectivity index (χ1) is 9.20. The van der Waals surface area contributed by atoms with E-state index in [1.807, 2.05) is 11.3 Å². The van der Waals surface area contributed by atoms with Crippen LogP contribution in [0.4, 0.5) is 0 Å². The van der Waals surface area contributed by atoms with E-state index in [0.29, 0.717) is 6.04 Å². The van der Waals surface area contributed by atoms with Gasteiger partial charge in [-0.25, -0.2) is 4.98 Å². The zero-order valence-electron chi connectivity index (χ0n) is 11.9. The Morgan fingerprint density at radius 1 is 1.21 bits per heavy atom. The van der Waals surface area contributed by atoms with E-state index < -0.39 is 0 Å². The highest BCUT2D eigenvalue weighted by atomic mass is 32.1. The van der Waals surface area contributed by atoms with Crippen LogP contribution >= 0.6 is 11.3 Å². The first-order valence-corrected chi connectivity index (χ1v) is 7.79. The maximum absolute atomic E-state index is 4.80. The summed E-state index contributed by atoms with van der Waals surface area (Å²) in [6, 6.07) is 11.1. The number of thiazole rings is 1. The highest BCUT2D eigenvalue weighted by Gasteiger charge is 2.12. The van der Waals surface area contributed by atoms with Crippen molar-refractivity contribution in [2.24, 2.45) is 0 Å². The SMILES string of the molecule is CCCc1nc(CNC(C)C)c(-c2ccccc2)s1. The first-order valence-electron chi connectivity index (χ1n) is 6.98. The third-order valence-corrected chi connectivity index (χ3v) is 4.13. The molecule has 0 amide bonds. The monoisotopic (exact) mass is 274 g/mol. The fourth-order valence-electron chi connectivity index (χ4n) is 1.96. The van der Waals surface area contributed by atoms with Crippen LogP contribution < -0.4 is 5.32 Å². The van der Waals surface area contributed by atoms with Crippen molar-refractivity contribution in [3.05, 3.63) is 41.0 Å². The fraction of sp³-hybridized carbons (Fsp3) is 0.438. The molecule has 0 unspecified atom stereocenters. The molecule has 2 aromatic rings. The summed E-state index contributed by atoms with van der Waals surface area (Å²) in [7, 11) is 0. The normalized spacial score (nSPS) is 11.2. The summed E-state index contributed by atoms with van der Waals surface area (Å²) in [6.45, 7) is 7.39. The smallest absolute Gasteiger partial charge is 0.0935 e. The van der Waals surface area contributed by atoms with Gasteiger partial charge in [0.15, 0.2) is 0 Å². The standard InChI is InChI=1S/C16H22N2S/c1-4-8-15-18-14(11-17-12(2)3)16(19-15)13-9-6-5-7-10-13/h5-7,9-10,12,17H,4,8,11H2,1-3H3. The summed E-state index contributed by atoms with van der Waals surface area (Å²) >= 11 is 1.84. The van der Waals surface area contributed by atoms with Gasteiger partial charge in [0.2, 0.25) is 0 Å². The molecule has 2 nitrogen and oxygen atoms in total. The lowest BCUT2D eigenvalue weighted by Gasteiger charge is -2.07. The maximum Gasteiger partial charge on any atom is 0.0935 e. The van der Waals surface area contributed by atoms with E-state index in [1.54, 1.807) is 0 Å². The van der Waals surface area contributed by atoms with E-state index in [-0.39, 0.29) is 0 Å². The molecule has 102 valence electrons. The number of hydrogen-bond donors (Lipinski definition) is 1. The maximum atomic E-state index is 4.80. The number of hydrogen-bond acceptors (Lipinski definition) is 3. The largest absolute Gasteiger partial charge is 0.309 e. The van der Waals surface area contributed by atoms with Crippen LogP contribution in [0.5, 0.6) is 0 Å². The molecule has 0 aliphatic rings. The molecule has 3 heteroatoms. The Morgan fingerprint density at radius 3 is 2.58 bits per heavy atom. The third kappa shape index (κ3) is 3.88. The Morgan fingerprint density at radius 2 is 1.95 bits per heavy atom. The zero-order chi connectivity index (χ0) is 13.7. The molecule has 0 atom stereocenters. The van der Waals surface area contributed by atoms with E-state index in [4.69, 9.17) is 4.98 Å². The second kappa shape index (κ2) is 6.83. The molecule has 0 fully saturated rings. The molecule has 1 heterocycles. The van der Waals surface area contributed by atoms with Crippen molar-refractivity contribution in [1.29, 1.82) is 0 Å². The van der Waals surface area contributed by atoms with E-state index in [2.05, 4.69) is 56.4 Å². The Labute approximate surface area is 119 Å². The van der Waals surface area contributed by atoms with Gasteiger partial charge < -0.3 is 5.32 Å². The minimum absolute atomic E-state index is 0.486. The van der Waals surface area contributed by atoms with Gasteiger partial charge in [0.05, 0.1) is 15.6 Å². The Hall–Kier alpha value is -1.19. The Bertz CT molecular complexity index is 503. The molecule has 2 rings (SSSR count). The van der Waals surface area contributed by atoms with Gasteiger partial charge in [-0.3, -0.25) is 0 Å². The molecule has 0 bridgehead atoms. The summed E-state index contributed by atoms with van der Waals surface area (Å²) < 4.78 is 0. The summed E-state index contributed by atoms with van der Waals surface area (Å²) in [5.41, 5.74) is 2.47. The van der Waals surface area contributed by atoms with E-state index in [1.165, 1.54) is 21.1 Å². The van der Waals surface area contributed by atoms with E-state index >= 15 is 0 Å². The van der Waals surface area contributed by atoms with Gasteiger partial charge in [0, 0.05) is 12.6 Å². The molecule has 19 heavy (non-hydrogen) atoms. The van der Waals surface area contributed by atoms with Crippen molar-refractivity contribution in [3.63, 3.8) is 0 Å². The number of aryl methyl sites for hydroxylation is 1. The zero-order valence-corrected chi connectivity index (χ0v) is 12.8. The number of benzene rings is 1. The minimum Gasteiger partial charge on any atom is -0.309 e. The van der Waals surface area contributed by atoms with Crippen molar-refractivity contribution in [2.75, 3.05) is 0 Å². The van der Waals surface area contributed by atoms with Gasteiger partial charge in [-0.05, 0) is 18.4 Å². The number of nitrogens with one attached hydrogen (secondary N) is 1. The predicted molar refractivity (Wildman–Crippen MR) is 83.5 cm³/mol. The molecule has 0 spiro atoms. The van der Waals surface area contributed by atoms with Crippen LogP contribution in [0.15, 0.2) is 30.3 Å². The van der Waals surface area contributed by atoms with Crippen LogP contribution in [0.25, 0.3) is 10.4 Å². The summed E-state index contributed by atoms with van der Waals surface area (Å²) in [6.07, 6.45) is 2.23. The quantitative estimate of drug-likeness (QED) is 0.851. The molecule has 1 N–H and O–H groups in total. The highest BCUT2D eigenvalue weighted by Crippen LogP contribution is 2.30. The van der Waals surface area contributed by atoms with Crippen molar-refractivity contribution in [2.45, 2.75) is 46.2 Å². The van der Waals surface area contributed by atoms with Crippen molar-refractivity contribution >= 4 is 11.3 Å². The lowest BCUT2D eigenvalue weighted by atomic mass is 10.1. The molecule has 0 saturated heterocycles. The molecule has 0 radical (unpaired) electrons. The van der Waals surface area contributed by atoms with Crippen molar-refractivity contribution < 1.29 is 0 Å². The molecule has 1 aromatic carbocycles. The van der Waals surface area contributed by atoms with Crippen LogP contribution in [0.1, 0.15) is 37.9 Å². The van der Waals surface area contributed by atoms with Gasteiger partial charge in [-0.15, -0.1) is 11.3 Å². The Kier molecular flexibility index (Phi) is 5.11. The number of aromatic nitrogens is 1. The average Bonchev–Trinajstić information content (AvgIpc) is 2.81. The summed E-state index contributed by atoms with van der Waals surface area (Å²) in [5, 5.41) is 4.72. The van der Waals surface area contributed by atoms with Gasteiger partial charge in [0.1, 0.15) is 0 Å². The van der Waals surface area contributed by atoms with Crippen molar-refractivity contribution in [1.82, 2.24) is 10.3 Å². The number of rotatable bonds is 6. The number of nitrogens with zero attached hydrogens (tertiary/aromatic N) is 1. The van der Waals surface area contributed by atoms with Gasteiger partial charge in [-0.2, -0.15) is 0 Å². The molecule has 0 aliphatic carbocycles. The van der Waals surface area contributed by atoms with Crippen LogP contribution in [-0.2, 0) is 13.0 Å². The lowest BCUT2D eigenvalue weighted by Crippen LogP contribution is -2.22. The molecule has 1 aromatic heterocycles. The Balaban J connectivity index is 2.29. The van der Waals surface area contributed by atoms with Crippen molar-refractivity contribution in [3.8, 4) is 10.4 Å². The van der Waals surface area contributed by atoms with Crippen LogP contribution in [-0.4, -0.2) is 11.0 Å². The summed E-state index contributed by atoms with van der Waals surface area (Å²) in [4.78, 5) is 6.12. The van der Waals surface area contributed by atoms with Crippen LogP contribution in [0.3, 0.4) is 0 Å². The highest BCUT2D eigenvalue weighted by molar-refractivity contribution is 7.15. The molecule has 0 aliphatic heterocycles.